The van der Waals surface area contributed by atoms with Gasteiger partial charge in [-0.1, -0.05) is 12.1 Å². The van der Waals surface area contributed by atoms with Crippen molar-refractivity contribution in [3.05, 3.63) is 48.8 Å². The Morgan fingerprint density at radius 3 is 2.39 bits per heavy atom. The molecule has 1 aromatic carbocycles. The Balaban J connectivity index is 1.93. The number of nitrogens with zero attached hydrogens (tertiary/aromatic N) is 5. The van der Waals surface area contributed by atoms with Crippen molar-refractivity contribution in [1.29, 1.82) is 0 Å². The number of methoxy groups -OCH3 is 1. The number of pyridine rings is 1. The molecule has 0 saturated carbocycles. The van der Waals surface area contributed by atoms with Crippen LogP contribution in [0.25, 0.3) is 33.7 Å². The Morgan fingerprint density at radius 1 is 0.964 bits per heavy atom. The van der Waals surface area contributed by atoms with Gasteiger partial charge in [-0.25, -0.2) is 19.9 Å². The fraction of sp³-hybridized carbons (Fsp3) is 0.238. The molecule has 0 aliphatic heterocycles. The van der Waals surface area contributed by atoms with Gasteiger partial charge in [0.2, 0.25) is 11.8 Å². The van der Waals surface area contributed by atoms with E-state index in [9.17, 15) is 0 Å². The Kier molecular flexibility index (Phi) is 4.22. The first-order valence-electron chi connectivity index (χ1n) is 8.99. The quantitative estimate of drug-likeness (QED) is 0.585. The number of rotatable bonds is 3. The molecule has 4 aromatic rings. The van der Waals surface area contributed by atoms with Gasteiger partial charge in [0.05, 0.1) is 18.1 Å². The van der Waals surface area contributed by atoms with Crippen molar-refractivity contribution in [1.82, 2.24) is 24.5 Å². The smallest absolute Gasteiger partial charge is 0.219 e. The monoisotopic (exact) mass is 374 g/mol. The number of hydrogen-bond donors (Lipinski definition) is 1. The van der Waals surface area contributed by atoms with Gasteiger partial charge in [0.15, 0.2) is 5.82 Å². The second-order valence-corrected chi connectivity index (χ2v) is 7.54. The van der Waals surface area contributed by atoms with E-state index >= 15 is 0 Å². The predicted molar refractivity (Wildman–Crippen MR) is 110 cm³/mol. The molecule has 0 fully saturated rings. The minimum absolute atomic E-state index is 0.180. The summed E-state index contributed by atoms with van der Waals surface area (Å²) in [5.41, 5.74) is 9.97. The fourth-order valence-corrected chi connectivity index (χ4v) is 3.25. The third-order valence-corrected chi connectivity index (χ3v) is 4.49. The highest BCUT2D eigenvalue weighted by Crippen LogP contribution is 2.33. The Morgan fingerprint density at radius 2 is 1.71 bits per heavy atom. The van der Waals surface area contributed by atoms with E-state index in [-0.39, 0.29) is 11.5 Å². The molecule has 0 saturated heterocycles. The standard InChI is InChI=1S/C21H22N6O/c1-21(2,3)27-17-9-8-13(14-11-23-20(22)24-12-14)10-16(17)26-19(27)15-6-5-7-18(25-15)28-4/h5-12H,1-4H3,(H2,22,23,24). The Hall–Kier alpha value is -3.48. The van der Waals surface area contributed by atoms with Crippen molar-refractivity contribution < 1.29 is 4.74 Å². The summed E-state index contributed by atoms with van der Waals surface area (Å²) in [6.45, 7) is 6.46. The summed E-state index contributed by atoms with van der Waals surface area (Å²) >= 11 is 0. The summed E-state index contributed by atoms with van der Waals surface area (Å²) in [5.74, 6) is 1.62. The van der Waals surface area contributed by atoms with Crippen LogP contribution in [0.4, 0.5) is 5.95 Å². The van der Waals surface area contributed by atoms with Crippen LogP contribution in [-0.4, -0.2) is 31.6 Å². The number of nitrogen functional groups attached to an aromatic ring is 1. The molecule has 0 amide bonds. The summed E-state index contributed by atoms with van der Waals surface area (Å²) in [7, 11) is 1.61. The number of aromatic nitrogens is 5. The third kappa shape index (κ3) is 3.15. The lowest BCUT2D eigenvalue weighted by Crippen LogP contribution is -2.22. The molecule has 0 atom stereocenters. The van der Waals surface area contributed by atoms with Crippen LogP contribution < -0.4 is 10.5 Å². The van der Waals surface area contributed by atoms with Gasteiger partial charge < -0.3 is 15.0 Å². The first-order chi connectivity index (χ1) is 13.4. The van der Waals surface area contributed by atoms with Crippen LogP contribution in [0.2, 0.25) is 0 Å². The first kappa shape index (κ1) is 17.9. The number of nitrogens with two attached hydrogens (primary N) is 1. The summed E-state index contributed by atoms with van der Waals surface area (Å²) < 4.78 is 7.49. The molecule has 0 unspecified atom stereocenters. The van der Waals surface area contributed by atoms with Crippen LogP contribution in [0.15, 0.2) is 48.8 Å². The average Bonchev–Trinajstić information content (AvgIpc) is 3.08. The molecule has 2 N–H and O–H groups in total. The van der Waals surface area contributed by atoms with Gasteiger partial charge in [0.1, 0.15) is 5.69 Å². The normalized spacial score (nSPS) is 11.7. The zero-order chi connectivity index (χ0) is 19.9. The summed E-state index contributed by atoms with van der Waals surface area (Å²) in [6, 6.07) is 11.8. The number of imidazole rings is 1. The van der Waals surface area contributed by atoms with Gasteiger partial charge in [-0.3, -0.25) is 0 Å². The SMILES string of the molecule is COc1cccc(-c2nc3cc(-c4cnc(N)nc4)ccc3n2C(C)(C)C)n1. The van der Waals surface area contributed by atoms with Crippen molar-refractivity contribution in [3.8, 4) is 28.5 Å². The van der Waals surface area contributed by atoms with E-state index in [1.165, 1.54) is 0 Å². The lowest BCUT2D eigenvalue weighted by Gasteiger charge is -2.24. The first-order valence-corrected chi connectivity index (χ1v) is 8.99. The largest absolute Gasteiger partial charge is 0.481 e. The highest BCUT2D eigenvalue weighted by atomic mass is 16.5. The van der Waals surface area contributed by atoms with Crippen LogP contribution in [0.1, 0.15) is 20.8 Å². The van der Waals surface area contributed by atoms with Crippen molar-refractivity contribution in [2.24, 2.45) is 0 Å². The van der Waals surface area contributed by atoms with Crippen LogP contribution in [-0.2, 0) is 5.54 Å². The van der Waals surface area contributed by atoms with E-state index in [0.29, 0.717) is 5.88 Å². The average molecular weight is 374 g/mol. The minimum Gasteiger partial charge on any atom is -0.481 e. The fourth-order valence-electron chi connectivity index (χ4n) is 3.25. The van der Waals surface area contributed by atoms with E-state index in [2.05, 4.69) is 46.4 Å². The zero-order valence-corrected chi connectivity index (χ0v) is 16.3. The second-order valence-electron chi connectivity index (χ2n) is 7.54. The highest BCUT2D eigenvalue weighted by Gasteiger charge is 2.23. The van der Waals surface area contributed by atoms with Crippen molar-refractivity contribution >= 4 is 17.0 Å². The maximum Gasteiger partial charge on any atom is 0.219 e. The number of hydrogen-bond acceptors (Lipinski definition) is 6. The molecule has 7 nitrogen and oxygen atoms in total. The van der Waals surface area contributed by atoms with Gasteiger partial charge in [0.25, 0.3) is 0 Å². The molecule has 0 aliphatic rings. The van der Waals surface area contributed by atoms with Gasteiger partial charge in [-0.05, 0) is 44.5 Å². The molecule has 28 heavy (non-hydrogen) atoms. The van der Waals surface area contributed by atoms with Crippen LogP contribution >= 0.6 is 0 Å². The maximum absolute atomic E-state index is 5.60. The molecular formula is C21H22N6O. The molecule has 0 aliphatic carbocycles. The van der Waals surface area contributed by atoms with Gasteiger partial charge in [-0.15, -0.1) is 0 Å². The second kappa shape index (κ2) is 6.60. The van der Waals surface area contributed by atoms with Crippen molar-refractivity contribution in [3.63, 3.8) is 0 Å². The summed E-state index contributed by atoms with van der Waals surface area (Å²) in [5, 5.41) is 0. The van der Waals surface area contributed by atoms with E-state index in [1.807, 2.05) is 30.3 Å². The third-order valence-electron chi connectivity index (χ3n) is 4.49. The Bertz CT molecular complexity index is 1140. The topological polar surface area (TPSA) is 91.7 Å². The van der Waals surface area contributed by atoms with E-state index in [4.69, 9.17) is 15.5 Å². The molecule has 0 radical (unpaired) electrons. The number of ether oxygens (including phenoxy) is 1. The molecule has 0 spiro atoms. The van der Waals surface area contributed by atoms with Gasteiger partial charge in [0, 0.05) is 29.6 Å². The molecule has 3 heterocycles. The maximum atomic E-state index is 5.60. The lowest BCUT2D eigenvalue weighted by atomic mass is 10.1. The van der Waals surface area contributed by atoms with E-state index in [0.717, 1.165) is 33.7 Å². The molecule has 4 rings (SSSR count). The van der Waals surface area contributed by atoms with Crippen LogP contribution in [0, 0.1) is 0 Å². The van der Waals surface area contributed by atoms with Crippen LogP contribution in [0.3, 0.4) is 0 Å². The minimum atomic E-state index is -0.180. The van der Waals surface area contributed by atoms with Crippen molar-refractivity contribution in [2.75, 3.05) is 12.8 Å². The molecule has 7 heteroatoms. The number of anilines is 1. The highest BCUT2D eigenvalue weighted by molar-refractivity contribution is 5.85. The Labute approximate surface area is 163 Å². The molecular weight excluding hydrogens is 352 g/mol. The molecule has 142 valence electrons. The number of fused-ring (bicyclic) bond motifs is 1. The lowest BCUT2D eigenvalue weighted by molar-refractivity contribution is 0.396. The molecule has 0 bridgehead atoms. The predicted octanol–water partition coefficient (Wildman–Crippen LogP) is 3.90. The number of benzene rings is 1. The van der Waals surface area contributed by atoms with Gasteiger partial charge >= 0.3 is 0 Å². The summed E-state index contributed by atoms with van der Waals surface area (Å²) in [6.07, 6.45) is 3.43. The van der Waals surface area contributed by atoms with E-state index in [1.54, 1.807) is 19.5 Å². The summed E-state index contributed by atoms with van der Waals surface area (Å²) in [4.78, 5) is 17.7. The van der Waals surface area contributed by atoms with E-state index < -0.39 is 0 Å². The zero-order valence-electron chi connectivity index (χ0n) is 16.3. The van der Waals surface area contributed by atoms with Crippen molar-refractivity contribution in [2.45, 2.75) is 26.3 Å². The molecule has 3 aromatic heterocycles. The van der Waals surface area contributed by atoms with Crippen LogP contribution in [0.5, 0.6) is 5.88 Å². The van der Waals surface area contributed by atoms with Gasteiger partial charge in [-0.2, -0.15) is 0 Å².